The molecule has 0 saturated carbocycles. The van der Waals surface area contributed by atoms with Gasteiger partial charge in [0, 0.05) is 19.3 Å². The number of nitrogens with one attached hydrogen (secondary N) is 1. The van der Waals surface area contributed by atoms with Crippen molar-refractivity contribution < 1.29 is 13.2 Å². The van der Waals surface area contributed by atoms with Crippen LogP contribution in [0.4, 0.5) is 13.2 Å². The number of aromatic nitrogens is 2. The molecule has 0 bridgehead atoms. The van der Waals surface area contributed by atoms with Gasteiger partial charge in [0.25, 0.3) is 0 Å². The molecule has 3 nitrogen and oxygen atoms in total. The van der Waals surface area contributed by atoms with Crippen molar-refractivity contribution in [1.29, 1.82) is 0 Å². The molecular formula is C14H14F3N3. The fraction of sp³-hybridized carbons (Fsp3) is 0.286. The SMILES string of the molecule is Cc1nccc(CNCc2cccc(C(F)(F)F)c2)n1. The lowest BCUT2D eigenvalue weighted by atomic mass is 10.1. The van der Waals surface area contributed by atoms with Gasteiger partial charge in [-0.05, 0) is 24.6 Å². The molecule has 1 aromatic heterocycles. The van der Waals surface area contributed by atoms with E-state index in [1.165, 1.54) is 6.07 Å². The number of hydrogen-bond acceptors (Lipinski definition) is 3. The molecule has 20 heavy (non-hydrogen) atoms. The highest BCUT2D eigenvalue weighted by Gasteiger charge is 2.30. The first-order valence-electron chi connectivity index (χ1n) is 6.10. The largest absolute Gasteiger partial charge is 0.416 e. The van der Waals surface area contributed by atoms with Crippen LogP contribution in [0.15, 0.2) is 36.5 Å². The summed E-state index contributed by atoms with van der Waals surface area (Å²) in [7, 11) is 0. The highest BCUT2D eigenvalue weighted by Crippen LogP contribution is 2.29. The van der Waals surface area contributed by atoms with Gasteiger partial charge in [-0.15, -0.1) is 0 Å². The van der Waals surface area contributed by atoms with E-state index >= 15 is 0 Å². The number of halogens is 3. The van der Waals surface area contributed by atoms with Crippen LogP contribution in [0.25, 0.3) is 0 Å². The normalized spacial score (nSPS) is 11.6. The predicted molar refractivity (Wildman–Crippen MR) is 68.8 cm³/mol. The summed E-state index contributed by atoms with van der Waals surface area (Å²) >= 11 is 0. The van der Waals surface area contributed by atoms with Crippen molar-refractivity contribution in [2.24, 2.45) is 0 Å². The highest BCUT2D eigenvalue weighted by atomic mass is 19.4. The van der Waals surface area contributed by atoms with Crippen LogP contribution in [0.3, 0.4) is 0 Å². The zero-order chi connectivity index (χ0) is 14.6. The second-order valence-corrected chi connectivity index (χ2v) is 4.40. The smallest absolute Gasteiger partial charge is 0.307 e. The average molecular weight is 281 g/mol. The molecule has 0 amide bonds. The molecule has 2 rings (SSSR count). The van der Waals surface area contributed by atoms with E-state index in [0.29, 0.717) is 24.5 Å². The Hall–Kier alpha value is -1.95. The van der Waals surface area contributed by atoms with Crippen molar-refractivity contribution in [3.05, 3.63) is 59.2 Å². The maximum atomic E-state index is 12.6. The third-order valence-electron chi connectivity index (χ3n) is 2.72. The molecule has 1 N–H and O–H groups in total. The number of benzene rings is 1. The lowest BCUT2D eigenvalue weighted by Gasteiger charge is -2.09. The van der Waals surface area contributed by atoms with Gasteiger partial charge >= 0.3 is 6.18 Å². The molecule has 0 unspecified atom stereocenters. The molecule has 2 aromatic rings. The molecule has 0 saturated heterocycles. The van der Waals surface area contributed by atoms with Crippen LogP contribution in [0.5, 0.6) is 0 Å². The summed E-state index contributed by atoms with van der Waals surface area (Å²) < 4.78 is 37.7. The van der Waals surface area contributed by atoms with Gasteiger partial charge in [-0.3, -0.25) is 0 Å². The van der Waals surface area contributed by atoms with Crippen molar-refractivity contribution in [3.63, 3.8) is 0 Å². The van der Waals surface area contributed by atoms with Gasteiger partial charge in [-0.1, -0.05) is 18.2 Å². The Balaban J connectivity index is 1.94. The van der Waals surface area contributed by atoms with Crippen LogP contribution >= 0.6 is 0 Å². The lowest BCUT2D eigenvalue weighted by Crippen LogP contribution is -2.15. The molecule has 0 spiro atoms. The van der Waals surface area contributed by atoms with Crippen molar-refractivity contribution in [3.8, 4) is 0 Å². The van der Waals surface area contributed by atoms with E-state index in [1.807, 2.05) is 0 Å². The zero-order valence-electron chi connectivity index (χ0n) is 10.9. The number of rotatable bonds is 4. The first kappa shape index (κ1) is 14.5. The Bertz CT molecular complexity index is 582. The summed E-state index contributed by atoms with van der Waals surface area (Å²) in [6.45, 7) is 2.63. The monoisotopic (exact) mass is 281 g/mol. The molecule has 106 valence electrons. The van der Waals surface area contributed by atoms with Crippen LogP contribution < -0.4 is 5.32 Å². The second kappa shape index (κ2) is 6.00. The fourth-order valence-corrected chi connectivity index (χ4v) is 1.80. The van der Waals surface area contributed by atoms with Crippen LogP contribution in [0, 0.1) is 6.92 Å². The molecule has 1 aromatic carbocycles. The predicted octanol–water partition coefficient (Wildman–Crippen LogP) is 3.09. The van der Waals surface area contributed by atoms with Crippen LogP contribution in [-0.2, 0) is 19.3 Å². The van der Waals surface area contributed by atoms with Gasteiger partial charge in [-0.25, -0.2) is 9.97 Å². The molecular weight excluding hydrogens is 267 g/mol. The van der Waals surface area contributed by atoms with E-state index in [0.717, 1.165) is 17.8 Å². The Morgan fingerprint density at radius 2 is 1.95 bits per heavy atom. The summed E-state index contributed by atoms with van der Waals surface area (Å²) in [5.74, 6) is 0.670. The number of alkyl halides is 3. The number of aryl methyl sites for hydroxylation is 1. The lowest BCUT2D eigenvalue weighted by molar-refractivity contribution is -0.137. The summed E-state index contributed by atoms with van der Waals surface area (Å²) in [4.78, 5) is 8.19. The molecule has 0 aliphatic rings. The maximum absolute atomic E-state index is 12.6. The Morgan fingerprint density at radius 3 is 2.65 bits per heavy atom. The second-order valence-electron chi connectivity index (χ2n) is 4.40. The van der Waals surface area contributed by atoms with E-state index in [9.17, 15) is 13.2 Å². The van der Waals surface area contributed by atoms with Crippen molar-refractivity contribution in [1.82, 2.24) is 15.3 Å². The number of hydrogen-bond donors (Lipinski definition) is 1. The van der Waals surface area contributed by atoms with E-state index in [-0.39, 0.29) is 0 Å². The van der Waals surface area contributed by atoms with Crippen molar-refractivity contribution in [2.45, 2.75) is 26.2 Å². The molecule has 0 radical (unpaired) electrons. The zero-order valence-corrected chi connectivity index (χ0v) is 10.9. The summed E-state index contributed by atoms with van der Waals surface area (Å²) in [6, 6.07) is 7.06. The highest BCUT2D eigenvalue weighted by molar-refractivity contribution is 5.25. The third-order valence-corrected chi connectivity index (χ3v) is 2.72. The van der Waals surface area contributed by atoms with Gasteiger partial charge in [0.2, 0.25) is 0 Å². The Kier molecular flexibility index (Phi) is 4.34. The van der Waals surface area contributed by atoms with E-state index in [1.54, 1.807) is 25.3 Å². The Labute approximate surface area is 114 Å². The molecule has 0 aliphatic carbocycles. The van der Waals surface area contributed by atoms with E-state index < -0.39 is 11.7 Å². The Morgan fingerprint density at radius 1 is 1.15 bits per heavy atom. The summed E-state index contributed by atoms with van der Waals surface area (Å²) in [6.07, 6.45) is -2.65. The molecule has 6 heteroatoms. The van der Waals surface area contributed by atoms with Crippen molar-refractivity contribution in [2.75, 3.05) is 0 Å². The van der Waals surface area contributed by atoms with Gasteiger partial charge in [0.15, 0.2) is 0 Å². The van der Waals surface area contributed by atoms with Crippen molar-refractivity contribution >= 4 is 0 Å². The topological polar surface area (TPSA) is 37.8 Å². The standard InChI is InChI=1S/C14H14F3N3/c1-10-19-6-5-13(20-10)9-18-8-11-3-2-4-12(7-11)14(15,16)17/h2-7,18H,8-9H2,1H3. The van der Waals surface area contributed by atoms with Crippen LogP contribution in [0.2, 0.25) is 0 Å². The third kappa shape index (κ3) is 4.03. The van der Waals surface area contributed by atoms with Crippen LogP contribution in [-0.4, -0.2) is 9.97 Å². The minimum atomic E-state index is -4.31. The first-order chi connectivity index (χ1) is 9.45. The molecule has 0 atom stereocenters. The van der Waals surface area contributed by atoms with Crippen LogP contribution in [0.1, 0.15) is 22.6 Å². The summed E-state index contributed by atoms with van der Waals surface area (Å²) in [5, 5.41) is 3.07. The minimum Gasteiger partial charge on any atom is -0.307 e. The quantitative estimate of drug-likeness (QED) is 0.935. The van der Waals surface area contributed by atoms with E-state index in [4.69, 9.17) is 0 Å². The summed E-state index contributed by atoms with van der Waals surface area (Å²) in [5.41, 5.74) is 0.768. The number of nitrogens with zero attached hydrogens (tertiary/aromatic N) is 2. The molecule has 1 heterocycles. The fourth-order valence-electron chi connectivity index (χ4n) is 1.80. The van der Waals surface area contributed by atoms with Gasteiger partial charge in [0.1, 0.15) is 5.82 Å². The first-order valence-corrected chi connectivity index (χ1v) is 6.10. The maximum Gasteiger partial charge on any atom is 0.416 e. The van der Waals surface area contributed by atoms with Gasteiger partial charge < -0.3 is 5.32 Å². The average Bonchev–Trinajstić information content (AvgIpc) is 2.38. The van der Waals surface area contributed by atoms with Gasteiger partial charge in [0.05, 0.1) is 11.3 Å². The van der Waals surface area contributed by atoms with Gasteiger partial charge in [-0.2, -0.15) is 13.2 Å². The molecule has 0 aliphatic heterocycles. The molecule has 0 fully saturated rings. The minimum absolute atomic E-state index is 0.354. The van der Waals surface area contributed by atoms with E-state index in [2.05, 4.69) is 15.3 Å².